The van der Waals surface area contributed by atoms with Gasteiger partial charge in [-0.15, -0.1) is 0 Å². The summed E-state index contributed by atoms with van der Waals surface area (Å²) in [5, 5.41) is 12.3. The smallest absolute Gasteiger partial charge is 0.282 e. The van der Waals surface area contributed by atoms with Crippen molar-refractivity contribution in [2.75, 3.05) is 7.11 Å². The van der Waals surface area contributed by atoms with Gasteiger partial charge < -0.3 is 5.11 Å². The van der Waals surface area contributed by atoms with Crippen LogP contribution in [0.4, 0.5) is 0 Å². The molecule has 0 fully saturated rings. The molecule has 1 heterocycles. The van der Waals surface area contributed by atoms with E-state index in [1.807, 2.05) is 6.07 Å². The third kappa shape index (κ3) is 1.59. The highest BCUT2D eigenvalue weighted by Gasteiger charge is 2.51. The van der Waals surface area contributed by atoms with Crippen molar-refractivity contribution >= 4 is 17.5 Å². The van der Waals surface area contributed by atoms with Crippen LogP contribution in [0.5, 0.6) is 0 Å². The van der Waals surface area contributed by atoms with E-state index >= 15 is 0 Å². The first kappa shape index (κ1) is 13.1. The molecule has 0 spiro atoms. The van der Waals surface area contributed by atoms with Crippen LogP contribution in [0.2, 0.25) is 5.02 Å². The minimum Gasteiger partial charge on any atom is -0.361 e. The molecule has 0 saturated carbocycles. The molecule has 2 aromatic carbocycles. The fraction of sp³-hybridized carbons (Fsp3) is 0.133. The van der Waals surface area contributed by atoms with Crippen LogP contribution in [-0.4, -0.2) is 23.2 Å². The first-order valence-electron chi connectivity index (χ1n) is 6.06. The quantitative estimate of drug-likeness (QED) is 0.924. The third-order valence-electron chi connectivity index (χ3n) is 3.44. The summed E-state index contributed by atoms with van der Waals surface area (Å²) in [5.41, 5.74) is -0.450. The lowest BCUT2D eigenvalue weighted by molar-refractivity contribution is -0.223. The summed E-state index contributed by atoms with van der Waals surface area (Å²) in [6.45, 7) is 0. The van der Waals surface area contributed by atoms with Crippen molar-refractivity contribution in [3.8, 4) is 0 Å². The second-order valence-corrected chi connectivity index (χ2v) is 4.89. The second kappa shape index (κ2) is 4.59. The standard InChI is InChI=1S/C15H12ClNO3/c1-20-17-14(18)13-11(8-5-9-12(13)16)15(17,19)10-6-3-2-4-7-10/h2-9,19H,1H3. The minimum absolute atomic E-state index is 0.266. The fourth-order valence-electron chi connectivity index (χ4n) is 2.55. The topological polar surface area (TPSA) is 49.8 Å². The molecule has 102 valence electrons. The first-order valence-corrected chi connectivity index (χ1v) is 6.44. The number of hydrogen-bond acceptors (Lipinski definition) is 3. The van der Waals surface area contributed by atoms with Crippen molar-refractivity contribution in [3.63, 3.8) is 0 Å². The number of hydroxylamine groups is 2. The zero-order valence-electron chi connectivity index (χ0n) is 10.7. The molecular weight excluding hydrogens is 278 g/mol. The van der Waals surface area contributed by atoms with E-state index in [2.05, 4.69) is 0 Å². The molecule has 2 aromatic rings. The van der Waals surface area contributed by atoms with Crippen LogP contribution in [0.15, 0.2) is 48.5 Å². The van der Waals surface area contributed by atoms with Gasteiger partial charge in [-0.05, 0) is 6.07 Å². The van der Waals surface area contributed by atoms with E-state index in [-0.39, 0.29) is 5.56 Å². The maximum atomic E-state index is 12.4. The number of halogens is 1. The van der Waals surface area contributed by atoms with E-state index in [1.165, 1.54) is 7.11 Å². The molecule has 1 N–H and O–H groups in total. The van der Waals surface area contributed by atoms with Crippen LogP contribution in [0.1, 0.15) is 21.5 Å². The Hall–Kier alpha value is -1.88. The van der Waals surface area contributed by atoms with Gasteiger partial charge in [-0.25, -0.2) is 0 Å². The van der Waals surface area contributed by atoms with Gasteiger partial charge >= 0.3 is 0 Å². The largest absolute Gasteiger partial charge is 0.361 e. The van der Waals surface area contributed by atoms with Gasteiger partial charge in [0.05, 0.1) is 17.7 Å². The predicted octanol–water partition coefficient (Wildman–Crippen LogP) is 2.55. The average Bonchev–Trinajstić information content (AvgIpc) is 2.70. The lowest BCUT2D eigenvalue weighted by Crippen LogP contribution is -2.43. The predicted molar refractivity (Wildman–Crippen MR) is 74.1 cm³/mol. The monoisotopic (exact) mass is 289 g/mol. The van der Waals surface area contributed by atoms with Crippen molar-refractivity contribution in [1.82, 2.24) is 5.06 Å². The van der Waals surface area contributed by atoms with E-state index in [9.17, 15) is 9.90 Å². The molecule has 1 amide bonds. The Morgan fingerprint density at radius 3 is 2.50 bits per heavy atom. The van der Waals surface area contributed by atoms with Crippen LogP contribution in [0, 0.1) is 0 Å². The SMILES string of the molecule is CON1C(=O)c2c(Cl)cccc2C1(O)c1ccccc1. The van der Waals surface area contributed by atoms with E-state index in [4.69, 9.17) is 16.4 Å². The molecule has 1 atom stereocenters. The van der Waals surface area contributed by atoms with Crippen LogP contribution < -0.4 is 0 Å². The lowest BCUT2D eigenvalue weighted by Gasteiger charge is -2.32. The van der Waals surface area contributed by atoms with Crippen molar-refractivity contribution in [1.29, 1.82) is 0 Å². The summed E-state index contributed by atoms with van der Waals surface area (Å²) >= 11 is 6.09. The zero-order chi connectivity index (χ0) is 14.3. The molecule has 1 aliphatic heterocycles. The lowest BCUT2D eigenvalue weighted by atomic mass is 9.94. The van der Waals surface area contributed by atoms with Gasteiger partial charge in [0.1, 0.15) is 0 Å². The number of hydrogen-bond donors (Lipinski definition) is 1. The van der Waals surface area contributed by atoms with Crippen LogP contribution >= 0.6 is 11.6 Å². The Morgan fingerprint density at radius 2 is 1.85 bits per heavy atom. The number of nitrogens with zero attached hydrogens (tertiary/aromatic N) is 1. The molecule has 0 aromatic heterocycles. The number of carbonyl (C=O) groups excluding carboxylic acids is 1. The summed E-state index contributed by atoms with van der Waals surface area (Å²) in [5.74, 6) is -0.459. The molecule has 0 saturated heterocycles. The second-order valence-electron chi connectivity index (χ2n) is 4.48. The Morgan fingerprint density at radius 1 is 1.15 bits per heavy atom. The Balaban J connectivity index is 2.30. The number of aliphatic hydroxyl groups is 1. The fourth-order valence-corrected chi connectivity index (χ4v) is 2.80. The number of fused-ring (bicyclic) bond motifs is 1. The van der Waals surface area contributed by atoms with Crippen LogP contribution in [0.3, 0.4) is 0 Å². The summed E-state index contributed by atoms with van der Waals surface area (Å²) in [6.07, 6.45) is 0. The van der Waals surface area contributed by atoms with Gasteiger partial charge in [-0.1, -0.05) is 54.1 Å². The van der Waals surface area contributed by atoms with E-state index in [0.29, 0.717) is 16.1 Å². The molecular formula is C15H12ClNO3. The maximum Gasteiger partial charge on any atom is 0.282 e. The molecule has 0 bridgehead atoms. The summed E-state index contributed by atoms with van der Waals surface area (Å²) < 4.78 is 0. The van der Waals surface area contributed by atoms with Crippen molar-refractivity contribution < 1.29 is 14.7 Å². The van der Waals surface area contributed by atoms with E-state index in [1.54, 1.807) is 42.5 Å². The molecule has 5 heteroatoms. The molecule has 4 nitrogen and oxygen atoms in total. The highest BCUT2D eigenvalue weighted by atomic mass is 35.5. The number of rotatable bonds is 2. The van der Waals surface area contributed by atoms with Gasteiger partial charge in [0.25, 0.3) is 5.91 Å². The van der Waals surface area contributed by atoms with E-state index < -0.39 is 11.6 Å². The van der Waals surface area contributed by atoms with Crippen molar-refractivity contribution in [3.05, 3.63) is 70.2 Å². The molecule has 3 rings (SSSR count). The Bertz CT molecular complexity index is 674. The molecule has 0 aliphatic carbocycles. The number of benzene rings is 2. The van der Waals surface area contributed by atoms with Crippen molar-refractivity contribution in [2.45, 2.75) is 5.72 Å². The van der Waals surface area contributed by atoms with Gasteiger partial charge in [0, 0.05) is 11.1 Å². The normalized spacial score (nSPS) is 21.1. The van der Waals surface area contributed by atoms with E-state index in [0.717, 1.165) is 5.06 Å². The highest BCUT2D eigenvalue weighted by Crippen LogP contribution is 2.44. The van der Waals surface area contributed by atoms with Crippen molar-refractivity contribution in [2.24, 2.45) is 0 Å². The molecule has 1 unspecified atom stereocenters. The third-order valence-corrected chi connectivity index (χ3v) is 3.76. The van der Waals surface area contributed by atoms with Crippen LogP contribution in [0.25, 0.3) is 0 Å². The summed E-state index contributed by atoms with van der Waals surface area (Å²) in [4.78, 5) is 17.5. The number of carbonyl (C=O) groups is 1. The number of amides is 1. The average molecular weight is 290 g/mol. The molecule has 20 heavy (non-hydrogen) atoms. The Kier molecular flexibility index (Phi) is 3.01. The van der Waals surface area contributed by atoms with Gasteiger partial charge in [0.15, 0.2) is 0 Å². The first-order chi connectivity index (χ1) is 9.60. The van der Waals surface area contributed by atoms with Gasteiger partial charge in [0.2, 0.25) is 5.72 Å². The van der Waals surface area contributed by atoms with Gasteiger partial charge in [-0.3, -0.25) is 9.63 Å². The van der Waals surface area contributed by atoms with Crippen LogP contribution in [-0.2, 0) is 10.6 Å². The summed E-state index contributed by atoms with van der Waals surface area (Å²) in [7, 11) is 1.34. The summed E-state index contributed by atoms with van der Waals surface area (Å²) in [6, 6.07) is 13.8. The Labute approximate surface area is 121 Å². The van der Waals surface area contributed by atoms with Gasteiger partial charge in [-0.2, -0.15) is 5.06 Å². The molecule has 0 radical (unpaired) electrons. The maximum absolute atomic E-state index is 12.4. The molecule has 1 aliphatic rings. The minimum atomic E-state index is -1.67. The highest BCUT2D eigenvalue weighted by molar-refractivity contribution is 6.34. The zero-order valence-corrected chi connectivity index (χ0v) is 11.5.